The van der Waals surface area contributed by atoms with Crippen LogP contribution in [0.15, 0.2) is 29.1 Å². The molecule has 2 aromatic rings. The Morgan fingerprint density at radius 2 is 1.95 bits per heavy atom. The lowest BCUT2D eigenvalue weighted by molar-refractivity contribution is 0.149. The Bertz CT molecular complexity index is 687. The van der Waals surface area contributed by atoms with Gasteiger partial charge in [-0.2, -0.15) is 0 Å². The van der Waals surface area contributed by atoms with Crippen LogP contribution < -0.4 is 9.61 Å². The topological polar surface area (TPSA) is 48.6 Å². The average Bonchev–Trinajstić information content (AvgIpc) is 2.90. The molecule has 22 heavy (non-hydrogen) atoms. The maximum absolute atomic E-state index is 11.9. The first-order chi connectivity index (χ1) is 10.7. The molecule has 0 radical (unpaired) electrons. The second-order valence-electron chi connectivity index (χ2n) is 5.59. The van der Waals surface area contributed by atoms with Crippen LogP contribution >= 0.6 is 11.3 Å². The minimum Gasteiger partial charge on any atom is -0.496 e. The van der Waals surface area contributed by atoms with Gasteiger partial charge in [0.1, 0.15) is 5.75 Å². The number of ether oxygens (including phenoxy) is 1. The van der Waals surface area contributed by atoms with Crippen molar-refractivity contribution in [3.05, 3.63) is 38.8 Å². The fourth-order valence-electron chi connectivity index (χ4n) is 2.75. The number of hydrogen-bond acceptors (Lipinski definition) is 5. The maximum atomic E-state index is 11.9. The van der Waals surface area contributed by atoms with Crippen LogP contribution in [0.3, 0.4) is 0 Å². The first-order valence-electron chi connectivity index (χ1n) is 7.43. The second kappa shape index (κ2) is 6.64. The van der Waals surface area contributed by atoms with Crippen molar-refractivity contribution in [2.75, 3.05) is 40.3 Å². The van der Waals surface area contributed by atoms with E-state index in [4.69, 9.17) is 4.74 Å². The third-order valence-corrected chi connectivity index (χ3v) is 4.93. The van der Waals surface area contributed by atoms with Crippen LogP contribution in [0.4, 0.5) is 0 Å². The van der Waals surface area contributed by atoms with Gasteiger partial charge in [0.05, 0.1) is 12.8 Å². The SMILES string of the molecule is COc1ccccc1-c1[nH]c(=O)sc1CN1CCN(C)CC1. The predicted molar refractivity (Wildman–Crippen MR) is 89.7 cm³/mol. The molecule has 0 unspecified atom stereocenters. The van der Waals surface area contributed by atoms with Crippen molar-refractivity contribution in [3.63, 3.8) is 0 Å². The van der Waals surface area contributed by atoms with E-state index in [2.05, 4.69) is 21.8 Å². The van der Waals surface area contributed by atoms with E-state index in [0.29, 0.717) is 0 Å². The number of thiazole rings is 1. The highest BCUT2D eigenvalue weighted by Crippen LogP contribution is 2.32. The van der Waals surface area contributed by atoms with Gasteiger partial charge < -0.3 is 14.6 Å². The normalized spacial score (nSPS) is 16.8. The Hall–Kier alpha value is -1.63. The summed E-state index contributed by atoms with van der Waals surface area (Å²) in [5.74, 6) is 0.788. The number of hydrogen-bond donors (Lipinski definition) is 1. The van der Waals surface area contributed by atoms with E-state index in [1.807, 2.05) is 24.3 Å². The first-order valence-corrected chi connectivity index (χ1v) is 8.25. The summed E-state index contributed by atoms with van der Waals surface area (Å²) in [6.07, 6.45) is 0. The number of nitrogens with zero attached hydrogens (tertiary/aromatic N) is 2. The lowest BCUT2D eigenvalue weighted by Gasteiger charge is -2.32. The molecule has 0 spiro atoms. The van der Waals surface area contributed by atoms with Crippen molar-refractivity contribution >= 4 is 11.3 Å². The molecule has 1 fully saturated rings. The van der Waals surface area contributed by atoms with Crippen molar-refractivity contribution in [2.45, 2.75) is 6.54 Å². The lowest BCUT2D eigenvalue weighted by Crippen LogP contribution is -2.43. The summed E-state index contributed by atoms with van der Waals surface area (Å²) < 4.78 is 5.43. The number of nitrogens with one attached hydrogen (secondary N) is 1. The number of aromatic nitrogens is 1. The second-order valence-corrected chi connectivity index (χ2v) is 6.66. The van der Waals surface area contributed by atoms with Gasteiger partial charge in [0, 0.05) is 43.2 Å². The zero-order chi connectivity index (χ0) is 15.5. The van der Waals surface area contributed by atoms with E-state index in [-0.39, 0.29) is 4.87 Å². The van der Waals surface area contributed by atoms with Gasteiger partial charge >= 0.3 is 4.87 Å². The maximum Gasteiger partial charge on any atom is 0.305 e. The van der Waals surface area contributed by atoms with Gasteiger partial charge in [0.15, 0.2) is 0 Å². The molecule has 3 rings (SSSR count). The summed E-state index contributed by atoms with van der Waals surface area (Å²) in [5, 5.41) is 0. The lowest BCUT2D eigenvalue weighted by atomic mass is 10.1. The molecule has 1 aromatic heterocycles. The molecule has 6 heteroatoms. The number of rotatable bonds is 4. The monoisotopic (exact) mass is 319 g/mol. The van der Waals surface area contributed by atoms with Gasteiger partial charge in [-0.15, -0.1) is 0 Å². The van der Waals surface area contributed by atoms with Crippen molar-refractivity contribution < 1.29 is 4.74 Å². The fraction of sp³-hybridized carbons (Fsp3) is 0.438. The van der Waals surface area contributed by atoms with Gasteiger partial charge in [0.2, 0.25) is 0 Å². The highest BCUT2D eigenvalue weighted by atomic mass is 32.1. The minimum absolute atomic E-state index is 0.00923. The number of para-hydroxylation sites is 1. The molecule has 1 saturated heterocycles. The standard InChI is InChI=1S/C16H21N3O2S/c1-18-7-9-19(10-8-18)11-14-15(17-16(20)22-14)12-5-3-4-6-13(12)21-2/h3-6H,7-11H2,1-2H3,(H,17,20). The van der Waals surface area contributed by atoms with Crippen LogP contribution in [-0.2, 0) is 6.54 Å². The van der Waals surface area contributed by atoms with Crippen molar-refractivity contribution in [2.24, 2.45) is 0 Å². The molecule has 0 atom stereocenters. The number of H-pyrrole nitrogens is 1. The third kappa shape index (κ3) is 3.24. The van der Waals surface area contributed by atoms with E-state index in [0.717, 1.165) is 54.6 Å². The van der Waals surface area contributed by atoms with E-state index >= 15 is 0 Å². The van der Waals surface area contributed by atoms with Gasteiger partial charge in [-0.1, -0.05) is 23.5 Å². The molecule has 0 saturated carbocycles. The quantitative estimate of drug-likeness (QED) is 0.934. The van der Waals surface area contributed by atoms with Crippen LogP contribution in [0, 0.1) is 0 Å². The van der Waals surface area contributed by atoms with Gasteiger partial charge in [-0.3, -0.25) is 9.69 Å². The smallest absolute Gasteiger partial charge is 0.305 e. The van der Waals surface area contributed by atoms with Crippen LogP contribution in [0.2, 0.25) is 0 Å². The van der Waals surface area contributed by atoms with E-state index in [9.17, 15) is 4.79 Å². The summed E-state index contributed by atoms with van der Waals surface area (Å²) in [7, 11) is 3.80. The molecule has 5 nitrogen and oxygen atoms in total. The Morgan fingerprint density at radius 1 is 1.23 bits per heavy atom. The molecular weight excluding hydrogens is 298 g/mol. The van der Waals surface area contributed by atoms with Crippen molar-refractivity contribution in [3.8, 4) is 17.0 Å². The van der Waals surface area contributed by atoms with Gasteiger partial charge in [-0.05, 0) is 19.2 Å². The molecule has 118 valence electrons. The summed E-state index contributed by atoms with van der Waals surface area (Å²) in [6, 6.07) is 7.82. The fourth-order valence-corrected chi connectivity index (χ4v) is 3.64. The zero-order valence-corrected chi connectivity index (χ0v) is 13.8. The molecule has 1 aromatic carbocycles. The number of piperazine rings is 1. The number of likely N-dealkylation sites (N-methyl/N-ethyl adjacent to an activating group) is 1. The first kappa shape index (κ1) is 15.3. The van der Waals surface area contributed by atoms with Gasteiger partial charge in [0.25, 0.3) is 0 Å². The largest absolute Gasteiger partial charge is 0.496 e. The van der Waals surface area contributed by atoms with Crippen molar-refractivity contribution in [1.82, 2.24) is 14.8 Å². The highest BCUT2D eigenvalue weighted by molar-refractivity contribution is 7.09. The molecule has 2 heterocycles. The molecule has 1 aliphatic rings. The van der Waals surface area contributed by atoms with Crippen LogP contribution in [0.25, 0.3) is 11.3 Å². The Morgan fingerprint density at radius 3 is 2.68 bits per heavy atom. The Labute approximate surface area is 134 Å². The number of benzene rings is 1. The number of aromatic amines is 1. The molecule has 1 aliphatic heterocycles. The van der Waals surface area contributed by atoms with Crippen LogP contribution in [0.5, 0.6) is 5.75 Å². The summed E-state index contributed by atoms with van der Waals surface area (Å²) >= 11 is 1.30. The summed E-state index contributed by atoms with van der Waals surface area (Å²) in [5.41, 5.74) is 1.85. The minimum atomic E-state index is -0.00923. The molecule has 0 bridgehead atoms. The zero-order valence-electron chi connectivity index (χ0n) is 13.0. The van der Waals surface area contributed by atoms with E-state index < -0.39 is 0 Å². The van der Waals surface area contributed by atoms with Gasteiger partial charge in [-0.25, -0.2) is 0 Å². The van der Waals surface area contributed by atoms with E-state index in [1.54, 1.807) is 7.11 Å². The Kier molecular flexibility index (Phi) is 4.61. The predicted octanol–water partition coefficient (Wildman–Crippen LogP) is 1.86. The van der Waals surface area contributed by atoms with Crippen molar-refractivity contribution in [1.29, 1.82) is 0 Å². The molecule has 1 N–H and O–H groups in total. The summed E-state index contributed by atoms with van der Waals surface area (Å²) in [6.45, 7) is 5.03. The van der Waals surface area contributed by atoms with Crippen LogP contribution in [-0.4, -0.2) is 55.1 Å². The number of methoxy groups -OCH3 is 1. The summed E-state index contributed by atoms with van der Waals surface area (Å²) in [4.78, 5) is 20.7. The van der Waals surface area contributed by atoms with E-state index in [1.165, 1.54) is 11.3 Å². The molecule has 0 amide bonds. The molecule has 0 aliphatic carbocycles. The average molecular weight is 319 g/mol. The molecular formula is C16H21N3O2S. The highest BCUT2D eigenvalue weighted by Gasteiger charge is 2.19. The Balaban J connectivity index is 1.88. The third-order valence-electron chi connectivity index (χ3n) is 4.06. The van der Waals surface area contributed by atoms with Crippen LogP contribution in [0.1, 0.15) is 4.88 Å².